The summed E-state index contributed by atoms with van der Waals surface area (Å²) in [5, 5.41) is 3.18. The maximum Gasteiger partial charge on any atom is 0.341 e. The largest absolute Gasteiger partial charge is 0.462 e. The molecule has 0 saturated carbocycles. The Morgan fingerprint density at radius 2 is 1.68 bits per heavy atom. The number of nitrogens with one attached hydrogen (secondary N) is 1. The fourth-order valence-electron chi connectivity index (χ4n) is 3.76. The maximum absolute atomic E-state index is 12.5. The number of fused-ring (bicyclic) bond motifs is 1. The second-order valence-electron chi connectivity index (χ2n) is 7.70. The van der Waals surface area contributed by atoms with E-state index in [-0.39, 0.29) is 12.2 Å². The van der Waals surface area contributed by atoms with Crippen molar-refractivity contribution in [3.63, 3.8) is 0 Å². The number of aryl methyl sites for hydroxylation is 1. The Balaban J connectivity index is 1.39. The van der Waals surface area contributed by atoms with E-state index in [0.29, 0.717) is 22.1 Å². The zero-order valence-electron chi connectivity index (χ0n) is 18.8. The normalized spacial score (nSPS) is 12.4. The van der Waals surface area contributed by atoms with Gasteiger partial charge in [-0.3, -0.25) is 4.79 Å². The molecule has 7 nitrogen and oxygen atoms in total. The lowest BCUT2D eigenvalue weighted by atomic mass is 9.95. The Bertz CT molecular complexity index is 1190. The van der Waals surface area contributed by atoms with E-state index in [0.717, 1.165) is 36.1 Å². The van der Waals surface area contributed by atoms with Gasteiger partial charge < -0.3 is 19.5 Å². The average Bonchev–Trinajstić information content (AvgIpc) is 3.21. The number of para-hydroxylation sites is 1. The summed E-state index contributed by atoms with van der Waals surface area (Å²) in [6, 6.07) is 15.7. The van der Waals surface area contributed by atoms with Gasteiger partial charge in [-0.05, 0) is 68.5 Å². The molecule has 2 aromatic carbocycles. The van der Waals surface area contributed by atoms with Crippen molar-refractivity contribution >= 4 is 34.2 Å². The molecule has 8 heteroatoms. The summed E-state index contributed by atoms with van der Waals surface area (Å²) in [5.74, 6) is -0.486. The highest BCUT2D eigenvalue weighted by Crippen LogP contribution is 2.38. The number of rotatable bonds is 8. The molecule has 1 amide bonds. The van der Waals surface area contributed by atoms with Gasteiger partial charge in [0.2, 0.25) is 0 Å². The minimum Gasteiger partial charge on any atom is -0.462 e. The first-order valence-electron chi connectivity index (χ1n) is 11.2. The third kappa shape index (κ3) is 5.63. The summed E-state index contributed by atoms with van der Waals surface area (Å²) < 4.78 is 16.1. The lowest BCUT2D eigenvalue weighted by Gasteiger charge is -2.12. The molecule has 34 heavy (non-hydrogen) atoms. The molecule has 1 aliphatic rings. The van der Waals surface area contributed by atoms with Gasteiger partial charge in [-0.2, -0.15) is 0 Å². The maximum atomic E-state index is 12.5. The molecule has 1 heterocycles. The average molecular weight is 480 g/mol. The van der Waals surface area contributed by atoms with E-state index >= 15 is 0 Å². The highest BCUT2D eigenvalue weighted by atomic mass is 32.1. The Hall–Kier alpha value is -3.65. The van der Waals surface area contributed by atoms with Crippen LogP contribution in [0.4, 0.5) is 5.00 Å². The molecule has 0 saturated heterocycles. The molecular formula is C26H25NO6S. The second-order valence-corrected chi connectivity index (χ2v) is 8.81. The minimum atomic E-state index is -0.648. The summed E-state index contributed by atoms with van der Waals surface area (Å²) in [5.41, 5.74) is 1.64. The smallest absolute Gasteiger partial charge is 0.341 e. The molecule has 1 aliphatic carbocycles. The lowest BCUT2D eigenvalue weighted by Crippen LogP contribution is -2.22. The molecule has 0 radical (unpaired) electrons. The molecule has 4 rings (SSSR count). The summed E-state index contributed by atoms with van der Waals surface area (Å²) in [6.45, 7) is 1.52. The van der Waals surface area contributed by atoms with Crippen molar-refractivity contribution in [2.45, 2.75) is 32.6 Å². The van der Waals surface area contributed by atoms with Gasteiger partial charge in [0.25, 0.3) is 5.91 Å². The van der Waals surface area contributed by atoms with Crippen LogP contribution < -0.4 is 10.1 Å². The zero-order valence-corrected chi connectivity index (χ0v) is 19.6. The number of amides is 1. The minimum absolute atomic E-state index is 0.251. The molecule has 0 bridgehead atoms. The van der Waals surface area contributed by atoms with Crippen LogP contribution in [0.2, 0.25) is 0 Å². The van der Waals surface area contributed by atoms with Gasteiger partial charge in [-0.15, -0.1) is 11.3 Å². The van der Waals surface area contributed by atoms with E-state index in [2.05, 4.69) is 5.32 Å². The quantitative estimate of drug-likeness (QED) is 0.436. The third-order valence-electron chi connectivity index (χ3n) is 5.29. The number of esters is 2. The fraction of sp³-hybridized carbons (Fsp3) is 0.269. The molecular weight excluding hydrogens is 454 g/mol. The van der Waals surface area contributed by atoms with Crippen molar-refractivity contribution in [2.75, 3.05) is 18.5 Å². The van der Waals surface area contributed by atoms with Crippen molar-refractivity contribution in [1.29, 1.82) is 0 Å². The number of hydrogen-bond donors (Lipinski definition) is 1. The molecule has 1 aromatic heterocycles. The molecule has 0 fully saturated rings. The predicted molar refractivity (Wildman–Crippen MR) is 129 cm³/mol. The first-order chi connectivity index (χ1) is 16.5. The van der Waals surface area contributed by atoms with Crippen molar-refractivity contribution < 1.29 is 28.6 Å². The van der Waals surface area contributed by atoms with Crippen LogP contribution in [-0.4, -0.2) is 31.1 Å². The van der Waals surface area contributed by atoms with Gasteiger partial charge >= 0.3 is 11.9 Å². The van der Waals surface area contributed by atoms with Crippen molar-refractivity contribution in [3.05, 3.63) is 76.2 Å². The number of ether oxygens (including phenoxy) is 3. The van der Waals surface area contributed by atoms with Crippen LogP contribution in [0.25, 0.3) is 0 Å². The van der Waals surface area contributed by atoms with Gasteiger partial charge in [0.15, 0.2) is 6.61 Å². The van der Waals surface area contributed by atoms with E-state index < -0.39 is 24.5 Å². The van der Waals surface area contributed by atoms with Crippen molar-refractivity contribution in [1.82, 2.24) is 0 Å². The van der Waals surface area contributed by atoms with Gasteiger partial charge in [-0.25, -0.2) is 9.59 Å². The fourth-order valence-corrected chi connectivity index (χ4v) is 5.06. The highest BCUT2D eigenvalue weighted by Gasteiger charge is 2.27. The van der Waals surface area contributed by atoms with Gasteiger partial charge in [0, 0.05) is 4.88 Å². The Kier molecular flexibility index (Phi) is 7.59. The SMILES string of the molecule is CCOC(=O)c1c(NC(=O)COC(=O)c2cccc(Oc3ccccc3)c2)sc2c1CCCC2. The van der Waals surface area contributed by atoms with Crippen molar-refractivity contribution in [2.24, 2.45) is 0 Å². The Morgan fingerprint density at radius 1 is 0.912 bits per heavy atom. The van der Waals surface area contributed by atoms with Gasteiger partial charge in [0.1, 0.15) is 16.5 Å². The Labute approximate surface area is 201 Å². The van der Waals surface area contributed by atoms with Crippen LogP contribution in [-0.2, 0) is 27.1 Å². The highest BCUT2D eigenvalue weighted by molar-refractivity contribution is 7.17. The summed E-state index contributed by atoms with van der Waals surface area (Å²) >= 11 is 1.39. The molecule has 0 spiro atoms. The van der Waals surface area contributed by atoms with Crippen LogP contribution in [0.3, 0.4) is 0 Å². The summed E-state index contributed by atoms with van der Waals surface area (Å²) in [4.78, 5) is 38.7. The number of thiophene rings is 1. The zero-order chi connectivity index (χ0) is 23.9. The molecule has 3 aromatic rings. The van der Waals surface area contributed by atoms with Gasteiger partial charge in [0.05, 0.1) is 17.7 Å². The number of carbonyl (C=O) groups excluding carboxylic acids is 3. The number of hydrogen-bond acceptors (Lipinski definition) is 7. The molecule has 1 N–H and O–H groups in total. The van der Waals surface area contributed by atoms with E-state index in [4.69, 9.17) is 14.2 Å². The molecule has 176 valence electrons. The first kappa shape index (κ1) is 23.5. The monoisotopic (exact) mass is 479 g/mol. The summed E-state index contributed by atoms with van der Waals surface area (Å²) in [7, 11) is 0. The first-order valence-corrected chi connectivity index (χ1v) is 12.0. The van der Waals surface area contributed by atoms with Gasteiger partial charge in [-0.1, -0.05) is 24.3 Å². The van der Waals surface area contributed by atoms with Crippen LogP contribution >= 0.6 is 11.3 Å². The third-order valence-corrected chi connectivity index (χ3v) is 6.49. The van der Waals surface area contributed by atoms with Crippen LogP contribution in [0.5, 0.6) is 11.5 Å². The summed E-state index contributed by atoms with van der Waals surface area (Å²) in [6.07, 6.45) is 3.70. The van der Waals surface area contributed by atoms with Crippen LogP contribution in [0, 0.1) is 0 Å². The predicted octanol–water partition coefficient (Wildman–Crippen LogP) is 5.39. The lowest BCUT2D eigenvalue weighted by molar-refractivity contribution is -0.119. The number of carbonyl (C=O) groups is 3. The van der Waals surface area contributed by atoms with E-state index in [1.54, 1.807) is 31.2 Å². The van der Waals surface area contributed by atoms with Crippen LogP contribution in [0.15, 0.2) is 54.6 Å². The molecule has 0 aliphatic heterocycles. The molecule has 0 unspecified atom stereocenters. The number of benzene rings is 2. The van der Waals surface area contributed by atoms with E-state index in [1.165, 1.54) is 11.3 Å². The number of anilines is 1. The molecule has 0 atom stereocenters. The second kappa shape index (κ2) is 11.0. The van der Waals surface area contributed by atoms with E-state index in [1.807, 2.05) is 30.3 Å². The Morgan fingerprint density at radius 3 is 2.47 bits per heavy atom. The standard InChI is InChI=1S/C26H25NO6S/c1-2-31-26(30)23-20-13-6-7-14-21(20)34-24(23)27-22(28)16-32-25(29)17-9-8-12-19(15-17)33-18-10-4-3-5-11-18/h3-5,8-12,15H,2,6-7,13-14,16H2,1H3,(H,27,28). The van der Waals surface area contributed by atoms with E-state index in [9.17, 15) is 14.4 Å². The van der Waals surface area contributed by atoms with Crippen molar-refractivity contribution in [3.8, 4) is 11.5 Å². The van der Waals surface area contributed by atoms with Crippen LogP contribution in [0.1, 0.15) is 50.9 Å². The topological polar surface area (TPSA) is 90.9 Å².